The molecule has 1 unspecified atom stereocenters. The van der Waals surface area contributed by atoms with Crippen molar-refractivity contribution < 1.29 is 18.3 Å². The second-order valence-corrected chi connectivity index (χ2v) is 7.05. The highest BCUT2D eigenvalue weighted by molar-refractivity contribution is 5.81. The van der Waals surface area contributed by atoms with Crippen molar-refractivity contribution in [3.8, 4) is 0 Å². The quantitative estimate of drug-likeness (QED) is 0.720. The monoisotopic (exact) mass is 355 g/mol. The number of hydrogen-bond acceptors (Lipinski definition) is 4. The lowest BCUT2D eigenvalue weighted by Crippen LogP contribution is -2.25. The minimum atomic E-state index is -0.852. The third kappa shape index (κ3) is 4.52. The van der Waals surface area contributed by atoms with Crippen molar-refractivity contribution in [2.75, 3.05) is 13.7 Å². The molecule has 0 aliphatic rings. The van der Waals surface area contributed by atoms with Gasteiger partial charge in [-0.3, -0.25) is 0 Å². The molecule has 2 rings (SSSR count). The fourth-order valence-electron chi connectivity index (χ4n) is 2.48. The number of hydrogen-bond donors (Lipinski definition) is 0. The molecule has 1 heterocycles. The van der Waals surface area contributed by atoms with Crippen LogP contribution in [0.4, 0.5) is 8.78 Å². The number of halogens is 2. The molecule has 2 aromatic rings. The third-order valence-electron chi connectivity index (χ3n) is 4.61. The van der Waals surface area contributed by atoms with E-state index in [-0.39, 0.29) is 22.8 Å². The fraction of sp³-hybridized carbons (Fsp3) is 0.667. The van der Waals surface area contributed by atoms with Gasteiger partial charge in [0.2, 0.25) is 0 Å². The molecular formula is C18H27F2N3O2. The van der Waals surface area contributed by atoms with Crippen LogP contribution in [-0.2, 0) is 16.0 Å². The van der Waals surface area contributed by atoms with Gasteiger partial charge in [-0.2, -0.15) is 15.0 Å². The number of methoxy groups -OCH3 is 1. The van der Waals surface area contributed by atoms with Crippen LogP contribution in [0.25, 0.3) is 11.0 Å². The van der Waals surface area contributed by atoms with Crippen LogP contribution < -0.4 is 0 Å². The maximum atomic E-state index is 13.8. The van der Waals surface area contributed by atoms with E-state index in [9.17, 15) is 8.78 Å². The normalized spacial score (nSPS) is 13.6. The molecule has 0 N–H and O–H groups in total. The Morgan fingerprint density at radius 3 is 2.08 bits per heavy atom. The summed E-state index contributed by atoms with van der Waals surface area (Å²) in [6, 6.07) is 0. The van der Waals surface area contributed by atoms with Gasteiger partial charge in [0.25, 0.3) is 0 Å². The van der Waals surface area contributed by atoms with Gasteiger partial charge in [-0.1, -0.05) is 0 Å². The number of aromatic nitrogens is 3. The third-order valence-corrected chi connectivity index (χ3v) is 4.61. The summed E-state index contributed by atoms with van der Waals surface area (Å²) >= 11 is 0. The Kier molecular flexibility index (Phi) is 6.11. The first-order chi connectivity index (χ1) is 11.7. The molecule has 1 aromatic heterocycles. The average Bonchev–Trinajstić information content (AvgIpc) is 3.00. The van der Waals surface area contributed by atoms with E-state index < -0.39 is 11.6 Å². The number of benzene rings is 1. The molecule has 0 amide bonds. The van der Waals surface area contributed by atoms with Gasteiger partial charge in [-0.15, -0.1) is 0 Å². The molecule has 25 heavy (non-hydrogen) atoms. The number of fused-ring (bicyclic) bond motifs is 1. The number of ether oxygens (including phenoxy) is 2. The second-order valence-electron chi connectivity index (χ2n) is 7.05. The van der Waals surface area contributed by atoms with Gasteiger partial charge in [0.05, 0.1) is 18.2 Å². The number of aryl methyl sites for hydroxylation is 3. The molecule has 7 heteroatoms. The van der Waals surface area contributed by atoms with Crippen molar-refractivity contribution >= 4 is 11.0 Å². The van der Waals surface area contributed by atoms with Crippen molar-refractivity contribution in [3.05, 3.63) is 22.8 Å². The van der Waals surface area contributed by atoms with Crippen LogP contribution in [0.3, 0.4) is 0 Å². The summed E-state index contributed by atoms with van der Waals surface area (Å²) in [6.07, 6.45) is 1.53. The van der Waals surface area contributed by atoms with Crippen molar-refractivity contribution in [1.82, 2.24) is 15.0 Å². The van der Waals surface area contributed by atoms with Gasteiger partial charge in [0.1, 0.15) is 11.0 Å². The topological polar surface area (TPSA) is 49.2 Å². The average molecular weight is 355 g/mol. The lowest BCUT2D eigenvalue weighted by Gasteiger charge is -2.23. The summed E-state index contributed by atoms with van der Waals surface area (Å²) < 4.78 is 38.8. The first-order valence-corrected chi connectivity index (χ1v) is 8.52. The molecule has 140 valence electrons. The van der Waals surface area contributed by atoms with E-state index in [1.54, 1.807) is 7.11 Å². The van der Waals surface area contributed by atoms with E-state index in [4.69, 9.17) is 9.47 Å². The summed E-state index contributed by atoms with van der Waals surface area (Å²) in [5.41, 5.74) is 0.994. The Morgan fingerprint density at radius 2 is 1.60 bits per heavy atom. The van der Waals surface area contributed by atoms with Crippen LogP contribution in [-0.4, -0.2) is 40.4 Å². The molecule has 0 spiro atoms. The zero-order chi connectivity index (χ0) is 18.8. The van der Waals surface area contributed by atoms with E-state index in [2.05, 4.69) is 10.2 Å². The summed E-state index contributed by atoms with van der Waals surface area (Å²) in [5.74, 6) is -1.70. The SMILES string of the molecule is COC(C)(C)CCOC(C)CCn1nc2c(C)c(F)c(F)c(C)c2n1. The predicted octanol–water partition coefficient (Wildman–Crippen LogP) is 3.94. The Morgan fingerprint density at radius 1 is 1.08 bits per heavy atom. The highest BCUT2D eigenvalue weighted by atomic mass is 19.2. The van der Waals surface area contributed by atoms with Gasteiger partial charge in [-0.25, -0.2) is 8.78 Å². The van der Waals surface area contributed by atoms with E-state index in [1.165, 1.54) is 18.6 Å². The van der Waals surface area contributed by atoms with Crippen LogP contribution in [0.1, 0.15) is 44.7 Å². The maximum Gasteiger partial charge on any atom is 0.164 e. The molecule has 0 aliphatic carbocycles. The molecular weight excluding hydrogens is 328 g/mol. The molecule has 0 saturated heterocycles. The summed E-state index contributed by atoms with van der Waals surface area (Å²) in [4.78, 5) is 1.49. The minimum absolute atomic E-state index is 0.0254. The zero-order valence-corrected chi connectivity index (χ0v) is 15.8. The number of nitrogens with zero attached hydrogens (tertiary/aromatic N) is 3. The first kappa shape index (κ1) is 19.7. The molecule has 0 radical (unpaired) electrons. The van der Waals surface area contributed by atoms with Crippen LogP contribution in [0, 0.1) is 25.5 Å². The fourth-order valence-corrected chi connectivity index (χ4v) is 2.48. The van der Waals surface area contributed by atoms with Crippen LogP contribution in [0.5, 0.6) is 0 Å². The van der Waals surface area contributed by atoms with Crippen molar-refractivity contribution in [2.45, 2.75) is 65.7 Å². The van der Waals surface area contributed by atoms with Gasteiger partial charge in [0.15, 0.2) is 11.6 Å². The Balaban J connectivity index is 1.97. The molecule has 1 atom stereocenters. The number of rotatable bonds is 8. The van der Waals surface area contributed by atoms with Crippen molar-refractivity contribution in [2.24, 2.45) is 0 Å². The Hall–Kier alpha value is -1.60. The lowest BCUT2D eigenvalue weighted by molar-refractivity contribution is -0.0255. The summed E-state index contributed by atoms with van der Waals surface area (Å²) in [6.45, 7) is 10.2. The van der Waals surface area contributed by atoms with Gasteiger partial charge >= 0.3 is 0 Å². The summed E-state index contributed by atoms with van der Waals surface area (Å²) in [7, 11) is 1.69. The van der Waals surface area contributed by atoms with Gasteiger partial charge < -0.3 is 9.47 Å². The maximum absolute atomic E-state index is 13.8. The van der Waals surface area contributed by atoms with Crippen LogP contribution in [0.15, 0.2) is 0 Å². The highest BCUT2D eigenvalue weighted by Gasteiger charge is 2.19. The molecule has 1 aromatic carbocycles. The van der Waals surface area contributed by atoms with E-state index >= 15 is 0 Å². The standard InChI is InChI=1S/C18H27F2N3O2/c1-11(25-10-8-18(4,5)24-6)7-9-23-21-16-12(2)14(19)15(20)13(3)17(16)22-23/h11H,7-10H2,1-6H3. The lowest BCUT2D eigenvalue weighted by atomic mass is 10.1. The second kappa shape index (κ2) is 7.74. The molecule has 5 nitrogen and oxygen atoms in total. The highest BCUT2D eigenvalue weighted by Crippen LogP contribution is 2.25. The molecule has 0 bridgehead atoms. The van der Waals surface area contributed by atoms with Crippen molar-refractivity contribution in [1.29, 1.82) is 0 Å². The van der Waals surface area contributed by atoms with Crippen LogP contribution in [0.2, 0.25) is 0 Å². The molecule has 0 aliphatic heterocycles. The molecule has 0 fully saturated rings. The predicted molar refractivity (Wildman–Crippen MR) is 92.7 cm³/mol. The van der Waals surface area contributed by atoms with Gasteiger partial charge in [0, 0.05) is 24.8 Å². The van der Waals surface area contributed by atoms with Crippen molar-refractivity contribution in [3.63, 3.8) is 0 Å². The van der Waals surface area contributed by atoms with E-state index in [0.29, 0.717) is 30.6 Å². The molecule has 0 saturated carbocycles. The Bertz CT molecular complexity index is 699. The summed E-state index contributed by atoms with van der Waals surface area (Å²) in [5, 5.41) is 8.61. The Labute approximate surface area is 147 Å². The first-order valence-electron chi connectivity index (χ1n) is 8.52. The van der Waals surface area contributed by atoms with Crippen LogP contribution >= 0.6 is 0 Å². The largest absolute Gasteiger partial charge is 0.379 e. The smallest absolute Gasteiger partial charge is 0.164 e. The minimum Gasteiger partial charge on any atom is -0.379 e. The van der Waals surface area contributed by atoms with E-state index in [0.717, 1.165) is 6.42 Å². The van der Waals surface area contributed by atoms with Gasteiger partial charge in [-0.05, 0) is 47.5 Å². The zero-order valence-electron chi connectivity index (χ0n) is 15.8. The van der Waals surface area contributed by atoms with E-state index in [1.807, 2.05) is 20.8 Å².